The third kappa shape index (κ3) is 3.77. The van der Waals surface area contributed by atoms with Crippen LogP contribution in [0.3, 0.4) is 0 Å². The minimum atomic E-state index is -0.329. The van der Waals surface area contributed by atoms with Crippen LogP contribution in [0, 0.1) is 5.92 Å². The van der Waals surface area contributed by atoms with E-state index in [1.807, 2.05) is 31.3 Å². The van der Waals surface area contributed by atoms with Crippen molar-refractivity contribution in [2.45, 2.75) is 18.6 Å². The van der Waals surface area contributed by atoms with Gasteiger partial charge in [-0.15, -0.1) is 0 Å². The van der Waals surface area contributed by atoms with E-state index in [0.29, 0.717) is 25.1 Å². The van der Waals surface area contributed by atoms with Crippen molar-refractivity contribution in [3.05, 3.63) is 30.1 Å². The van der Waals surface area contributed by atoms with E-state index in [9.17, 15) is 4.79 Å². The summed E-state index contributed by atoms with van der Waals surface area (Å²) in [5.41, 5.74) is 1.23. The zero-order valence-electron chi connectivity index (χ0n) is 14.9. The van der Waals surface area contributed by atoms with Crippen LogP contribution in [-0.2, 0) is 9.53 Å². The van der Waals surface area contributed by atoms with Crippen molar-refractivity contribution in [3.8, 4) is 0 Å². The van der Waals surface area contributed by atoms with E-state index in [1.165, 1.54) is 5.56 Å². The molecule has 0 bridgehead atoms. The monoisotopic (exact) mass is 332 g/mol. The van der Waals surface area contributed by atoms with Gasteiger partial charge in [-0.3, -0.25) is 14.7 Å². The molecule has 1 amide bonds. The van der Waals surface area contributed by atoms with E-state index in [0.717, 1.165) is 26.1 Å². The third-order valence-electron chi connectivity index (χ3n) is 5.23. The van der Waals surface area contributed by atoms with E-state index in [-0.39, 0.29) is 12.0 Å². The number of amides is 1. The molecule has 132 valence electrons. The quantitative estimate of drug-likeness (QED) is 0.819. The zero-order chi connectivity index (χ0) is 17.1. The predicted molar refractivity (Wildman–Crippen MR) is 92.6 cm³/mol. The molecule has 3 rings (SSSR count). The molecular formula is C18H28N4O2. The van der Waals surface area contributed by atoms with Crippen LogP contribution in [0.4, 0.5) is 0 Å². The Morgan fingerprint density at radius 3 is 2.96 bits per heavy atom. The topological polar surface area (TPSA) is 48.9 Å². The number of carbonyl (C=O) groups is 1. The fourth-order valence-corrected chi connectivity index (χ4v) is 3.91. The number of pyridine rings is 1. The smallest absolute Gasteiger partial charge is 0.252 e. The van der Waals surface area contributed by atoms with Crippen molar-refractivity contribution in [2.75, 3.05) is 53.9 Å². The van der Waals surface area contributed by atoms with Crippen molar-refractivity contribution in [3.63, 3.8) is 0 Å². The van der Waals surface area contributed by atoms with E-state index >= 15 is 0 Å². The van der Waals surface area contributed by atoms with E-state index in [1.54, 1.807) is 6.20 Å². The van der Waals surface area contributed by atoms with Gasteiger partial charge in [0.1, 0.15) is 6.10 Å². The summed E-state index contributed by atoms with van der Waals surface area (Å²) in [6, 6.07) is 4.44. The molecule has 2 aliphatic rings. The lowest BCUT2D eigenvalue weighted by Gasteiger charge is -2.33. The number of hydrogen-bond donors (Lipinski definition) is 0. The Morgan fingerprint density at radius 2 is 2.25 bits per heavy atom. The molecule has 0 saturated carbocycles. The lowest BCUT2D eigenvalue weighted by molar-refractivity contribution is -0.148. The zero-order valence-corrected chi connectivity index (χ0v) is 14.9. The van der Waals surface area contributed by atoms with Crippen molar-refractivity contribution < 1.29 is 9.53 Å². The van der Waals surface area contributed by atoms with Crippen LogP contribution in [-0.4, -0.2) is 85.6 Å². The number of hydrogen-bond acceptors (Lipinski definition) is 5. The van der Waals surface area contributed by atoms with Gasteiger partial charge in [0.2, 0.25) is 0 Å². The number of likely N-dealkylation sites (N-methyl/N-ethyl adjacent to an activating group) is 2. The predicted octanol–water partition coefficient (Wildman–Crippen LogP) is 0.863. The van der Waals surface area contributed by atoms with Gasteiger partial charge in [0, 0.05) is 45.1 Å². The van der Waals surface area contributed by atoms with Gasteiger partial charge < -0.3 is 14.5 Å². The summed E-state index contributed by atoms with van der Waals surface area (Å²) in [6.45, 7) is 4.01. The van der Waals surface area contributed by atoms with Crippen LogP contribution < -0.4 is 0 Å². The molecule has 2 fully saturated rings. The first-order chi connectivity index (χ1) is 11.6. The molecule has 2 saturated heterocycles. The molecule has 0 aliphatic carbocycles. The summed E-state index contributed by atoms with van der Waals surface area (Å²) < 4.78 is 5.68. The lowest BCUT2D eigenvalue weighted by Crippen LogP contribution is -2.49. The maximum atomic E-state index is 12.7. The molecule has 1 aromatic heterocycles. The number of likely N-dealkylation sites (tertiary alicyclic amines) is 1. The Morgan fingerprint density at radius 1 is 1.42 bits per heavy atom. The van der Waals surface area contributed by atoms with Crippen LogP contribution in [0.25, 0.3) is 0 Å². The minimum absolute atomic E-state index is 0.0982. The molecule has 3 heterocycles. The van der Waals surface area contributed by atoms with E-state index in [2.05, 4.69) is 27.9 Å². The molecular weight excluding hydrogens is 304 g/mol. The lowest BCUT2D eigenvalue weighted by atomic mass is 9.94. The molecule has 0 N–H and O–H groups in total. The second kappa shape index (κ2) is 7.59. The van der Waals surface area contributed by atoms with Gasteiger partial charge >= 0.3 is 0 Å². The van der Waals surface area contributed by atoms with Gasteiger partial charge in [-0.05, 0) is 44.6 Å². The first-order valence-corrected chi connectivity index (χ1v) is 8.71. The average Bonchev–Trinajstić information content (AvgIpc) is 2.95. The number of morpholine rings is 1. The summed E-state index contributed by atoms with van der Waals surface area (Å²) in [6.07, 6.45) is 4.52. The molecule has 0 aromatic carbocycles. The Kier molecular flexibility index (Phi) is 5.48. The van der Waals surface area contributed by atoms with Gasteiger partial charge in [0.25, 0.3) is 5.91 Å². The molecule has 0 spiro atoms. The van der Waals surface area contributed by atoms with Crippen LogP contribution >= 0.6 is 0 Å². The summed E-state index contributed by atoms with van der Waals surface area (Å²) >= 11 is 0. The summed E-state index contributed by atoms with van der Waals surface area (Å²) in [4.78, 5) is 23.3. The fourth-order valence-electron chi connectivity index (χ4n) is 3.91. The first-order valence-electron chi connectivity index (χ1n) is 8.71. The first kappa shape index (κ1) is 17.3. The maximum absolute atomic E-state index is 12.7. The van der Waals surface area contributed by atoms with Gasteiger partial charge in [0.15, 0.2) is 0 Å². The highest BCUT2D eigenvalue weighted by molar-refractivity contribution is 5.81. The molecule has 3 atom stereocenters. The largest absolute Gasteiger partial charge is 0.366 e. The molecule has 0 unspecified atom stereocenters. The standard InChI is InChI=1S/C18H28N4O2/c1-20-9-10-24-16(13-20)18(23)22(3)12-15-6-8-21(2)17(15)14-5-4-7-19-11-14/h4-5,7,11,15-17H,6,8-10,12-13H2,1-3H3/t15-,16+,17-/m0/s1. The number of carbonyl (C=O) groups excluding carboxylic acids is 1. The second-order valence-corrected chi connectivity index (χ2v) is 7.10. The summed E-state index contributed by atoms with van der Waals surface area (Å²) in [5, 5.41) is 0. The van der Waals surface area contributed by atoms with Crippen LogP contribution in [0.1, 0.15) is 18.0 Å². The highest BCUT2D eigenvalue weighted by atomic mass is 16.5. The maximum Gasteiger partial charge on any atom is 0.252 e. The van der Waals surface area contributed by atoms with Crippen LogP contribution in [0.15, 0.2) is 24.5 Å². The number of ether oxygens (including phenoxy) is 1. The Bertz CT molecular complexity index is 553. The summed E-state index contributed by atoms with van der Waals surface area (Å²) in [5.74, 6) is 0.524. The molecule has 6 nitrogen and oxygen atoms in total. The Labute approximate surface area is 144 Å². The molecule has 24 heavy (non-hydrogen) atoms. The SMILES string of the molecule is CN1CCO[C@@H](C(=O)N(C)C[C@@H]2CCN(C)[C@H]2c2cccnc2)C1. The van der Waals surface area contributed by atoms with Crippen LogP contribution in [0.5, 0.6) is 0 Å². The van der Waals surface area contributed by atoms with Crippen molar-refractivity contribution in [1.82, 2.24) is 19.7 Å². The normalized spacial score (nSPS) is 28.9. The fraction of sp³-hybridized carbons (Fsp3) is 0.667. The van der Waals surface area contributed by atoms with Gasteiger partial charge in [-0.1, -0.05) is 6.07 Å². The summed E-state index contributed by atoms with van der Waals surface area (Å²) in [7, 11) is 6.09. The molecule has 6 heteroatoms. The number of aromatic nitrogens is 1. The minimum Gasteiger partial charge on any atom is -0.366 e. The van der Waals surface area contributed by atoms with Crippen molar-refractivity contribution >= 4 is 5.91 Å². The third-order valence-corrected chi connectivity index (χ3v) is 5.23. The van der Waals surface area contributed by atoms with Gasteiger partial charge in [0.05, 0.1) is 6.61 Å². The number of rotatable bonds is 4. The van der Waals surface area contributed by atoms with Gasteiger partial charge in [-0.25, -0.2) is 0 Å². The Hall–Kier alpha value is -1.50. The Balaban J connectivity index is 1.64. The van der Waals surface area contributed by atoms with E-state index in [4.69, 9.17) is 4.74 Å². The van der Waals surface area contributed by atoms with E-state index < -0.39 is 0 Å². The van der Waals surface area contributed by atoms with Crippen molar-refractivity contribution in [2.24, 2.45) is 5.92 Å². The second-order valence-electron chi connectivity index (χ2n) is 7.10. The van der Waals surface area contributed by atoms with Gasteiger partial charge in [-0.2, -0.15) is 0 Å². The highest BCUT2D eigenvalue weighted by Gasteiger charge is 2.36. The van der Waals surface area contributed by atoms with Crippen molar-refractivity contribution in [1.29, 1.82) is 0 Å². The average molecular weight is 332 g/mol. The molecule has 0 radical (unpaired) electrons. The molecule has 1 aromatic rings. The molecule has 2 aliphatic heterocycles. The number of nitrogens with zero attached hydrogens (tertiary/aromatic N) is 4. The highest BCUT2D eigenvalue weighted by Crippen LogP contribution is 2.36. The van der Waals surface area contributed by atoms with Crippen LogP contribution in [0.2, 0.25) is 0 Å².